The molecule has 2 nitrogen and oxygen atoms in total. The summed E-state index contributed by atoms with van der Waals surface area (Å²) < 4.78 is 0. The maximum Gasteiger partial charge on any atom is 0.161 e. The molecule has 0 bridgehead atoms. The van der Waals surface area contributed by atoms with E-state index in [0.717, 1.165) is 17.1 Å². The van der Waals surface area contributed by atoms with Gasteiger partial charge in [0.2, 0.25) is 0 Å². The van der Waals surface area contributed by atoms with Crippen LogP contribution in [0, 0.1) is 0 Å². The van der Waals surface area contributed by atoms with Gasteiger partial charge in [0.25, 0.3) is 0 Å². The molecule has 0 aromatic heterocycles. The van der Waals surface area contributed by atoms with Crippen molar-refractivity contribution < 1.29 is 4.79 Å². The smallest absolute Gasteiger partial charge is 0.161 e. The van der Waals surface area contributed by atoms with Crippen LogP contribution in [0.3, 0.4) is 0 Å². The molecule has 0 aliphatic carbocycles. The lowest BCUT2D eigenvalue weighted by molar-refractivity contribution is -0.115. The van der Waals surface area contributed by atoms with Crippen molar-refractivity contribution in [1.29, 1.82) is 0 Å². The molecule has 0 N–H and O–H groups in total. The number of carbonyl (C=O) groups is 1. The summed E-state index contributed by atoms with van der Waals surface area (Å²) in [5, 5.41) is 0. The molecule has 0 spiro atoms. The van der Waals surface area contributed by atoms with Gasteiger partial charge >= 0.3 is 0 Å². The summed E-state index contributed by atoms with van der Waals surface area (Å²) in [6.45, 7) is 8.66. The summed E-state index contributed by atoms with van der Waals surface area (Å²) in [6, 6.07) is 0.912. The predicted molar refractivity (Wildman–Crippen MR) is 67.1 cm³/mol. The van der Waals surface area contributed by atoms with Crippen molar-refractivity contribution in [3.8, 4) is 0 Å². The van der Waals surface area contributed by atoms with Crippen LogP contribution in [-0.4, -0.2) is 34.3 Å². The Morgan fingerprint density at radius 1 is 1.27 bits per heavy atom. The number of Topliss-reactive ketones (excluding diaryl/α,β-unsaturated/α-hetero) is 1. The molecule has 15 heavy (non-hydrogen) atoms. The lowest BCUT2D eigenvalue weighted by Crippen LogP contribution is -2.33. The van der Waals surface area contributed by atoms with Crippen LogP contribution in [0.4, 0.5) is 0 Å². The van der Waals surface area contributed by atoms with E-state index in [1.54, 1.807) is 0 Å². The molecule has 1 rings (SSSR count). The summed E-state index contributed by atoms with van der Waals surface area (Å²) in [7, 11) is 0. The van der Waals surface area contributed by atoms with Crippen molar-refractivity contribution in [2.75, 3.05) is 11.5 Å². The Morgan fingerprint density at radius 2 is 1.87 bits per heavy atom. The van der Waals surface area contributed by atoms with Gasteiger partial charge in [0.1, 0.15) is 0 Å². The van der Waals surface area contributed by atoms with Crippen LogP contribution >= 0.6 is 11.8 Å². The van der Waals surface area contributed by atoms with Crippen LogP contribution in [0.5, 0.6) is 0 Å². The standard InChI is InChI=1S/C12H21NOS/c1-9(2)13(10(3)4)7-11-8-15-6-5-12(11)14/h7,9-10H,5-6,8H2,1-4H3/b11-7+. The van der Waals surface area contributed by atoms with E-state index in [2.05, 4.69) is 38.8 Å². The molecule has 0 amide bonds. The summed E-state index contributed by atoms with van der Waals surface area (Å²) >= 11 is 1.86. The Balaban J connectivity index is 2.76. The number of carbonyl (C=O) groups excluding carboxylic acids is 1. The molecular weight excluding hydrogens is 206 g/mol. The monoisotopic (exact) mass is 227 g/mol. The molecule has 0 aromatic rings. The molecule has 0 radical (unpaired) electrons. The molecule has 1 fully saturated rings. The van der Waals surface area contributed by atoms with Crippen molar-refractivity contribution in [2.45, 2.75) is 46.2 Å². The van der Waals surface area contributed by atoms with Gasteiger partial charge in [-0.15, -0.1) is 0 Å². The third-order valence-corrected chi connectivity index (χ3v) is 3.59. The fourth-order valence-corrected chi connectivity index (χ4v) is 2.70. The molecule has 0 unspecified atom stereocenters. The Labute approximate surface area is 97.1 Å². The van der Waals surface area contributed by atoms with E-state index in [-0.39, 0.29) is 0 Å². The zero-order valence-corrected chi connectivity index (χ0v) is 10.9. The number of nitrogens with zero attached hydrogens (tertiary/aromatic N) is 1. The maximum absolute atomic E-state index is 11.7. The summed E-state index contributed by atoms with van der Waals surface area (Å²) in [5.41, 5.74) is 0.994. The third-order valence-electron chi connectivity index (χ3n) is 2.59. The van der Waals surface area contributed by atoms with Crippen LogP contribution in [0.15, 0.2) is 11.8 Å². The normalized spacial score (nSPS) is 20.4. The van der Waals surface area contributed by atoms with E-state index in [0.29, 0.717) is 24.3 Å². The van der Waals surface area contributed by atoms with Crippen LogP contribution in [0.1, 0.15) is 34.1 Å². The van der Waals surface area contributed by atoms with Gasteiger partial charge in [-0.3, -0.25) is 4.79 Å². The zero-order chi connectivity index (χ0) is 11.4. The second kappa shape index (κ2) is 5.59. The molecule has 86 valence electrons. The molecule has 3 heteroatoms. The van der Waals surface area contributed by atoms with E-state index in [9.17, 15) is 4.79 Å². The first-order valence-electron chi connectivity index (χ1n) is 5.61. The quantitative estimate of drug-likeness (QED) is 0.691. The van der Waals surface area contributed by atoms with E-state index in [1.807, 2.05) is 11.8 Å². The highest BCUT2D eigenvalue weighted by atomic mass is 32.2. The van der Waals surface area contributed by atoms with Crippen LogP contribution in [-0.2, 0) is 4.79 Å². The first-order chi connectivity index (χ1) is 7.02. The Kier molecular flexibility index (Phi) is 4.71. The minimum atomic E-state index is 0.333. The van der Waals surface area contributed by atoms with Gasteiger partial charge in [0, 0.05) is 41.8 Å². The molecule has 0 atom stereocenters. The first kappa shape index (κ1) is 12.6. The highest BCUT2D eigenvalue weighted by Crippen LogP contribution is 2.20. The molecule has 0 aromatic carbocycles. The summed E-state index contributed by atoms with van der Waals surface area (Å²) in [5.74, 6) is 2.20. The molecule has 1 aliphatic heterocycles. The second-order valence-electron chi connectivity index (χ2n) is 4.51. The Morgan fingerprint density at radius 3 is 2.33 bits per heavy atom. The predicted octanol–water partition coefficient (Wildman–Crippen LogP) is 2.70. The van der Waals surface area contributed by atoms with Gasteiger partial charge in [0.15, 0.2) is 5.78 Å². The maximum atomic E-state index is 11.7. The largest absolute Gasteiger partial charge is 0.372 e. The van der Waals surface area contributed by atoms with E-state index < -0.39 is 0 Å². The lowest BCUT2D eigenvalue weighted by atomic mass is 10.1. The van der Waals surface area contributed by atoms with Crippen molar-refractivity contribution in [3.63, 3.8) is 0 Å². The number of ketones is 1. The molecular formula is C12H21NOS. The average Bonchev–Trinajstić information content (AvgIpc) is 2.15. The number of hydrogen-bond acceptors (Lipinski definition) is 3. The summed E-state index contributed by atoms with van der Waals surface area (Å²) in [4.78, 5) is 13.9. The first-order valence-corrected chi connectivity index (χ1v) is 6.77. The van der Waals surface area contributed by atoms with E-state index >= 15 is 0 Å². The molecule has 1 saturated heterocycles. The topological polar surface area (TPSA) is 20.3 Å². The highest BCUT2D eigenvalue weighted by Gasteiger charge is 2.18. The van der Waals surface area contributed by atoms with Crippen molar-refractivity contribution >= 4 is 17.5 Å². The van der Waals surface area contributed by atoms with Crippen molar-refractivity contribution in [1.82, 2.24) is 4.90 Å². The Bertz CT molecular complexity index is 250. The number of thioether (sulfide) groups is 1. The highest BCUT2D eigenvalue weighted by molar-refractivity contribution is 7.99. The third kappa shape index (κ3) is 3.56. The minimum Gasteiger partial charge on any atom is -0.372 e. The minimum absolute atomic E-state index is 0.333. The zero-order valence-electron chi connectivity index (χ0n) is 10.1. The van der Waals surface area contributed by atoms with E-state index in [4.69, 9.17) is 0 Å². The van der Waals surface area contributed by atoms with Gasteiger partial charge in [0.05, 0.1) is 0 Å². The summed E-state index contributed by atoms with van der Waals surface area (Å²) in [6.07, 6.45) is 2.78. The van der Waals surface area contributed by atoms with Gasteiger partial charge in [-0.1, -0.05) is 0 Å². The van der Waals surface area contributed by atoms with E-state index in [1.165, 1.54) is 0 Å². The number of hydrogen-bond donors (Lipinski definition) is 0. The fraction of sp³-hybridized carbons (Fsp3) is 0.750. The number of rotatable bonds is 3. The van der Waals surface area contributed by atoms with Crippen LogP contribution in [0.25, 0.3) is 0 Å². The molecule has 0 saturated carbocycles. The van der Waals surface area contributed by atoms with Crippen LogP contribution in [0.2, 0.25) is 0 Å². The molecule has 1 heterocycles. The SMILES string of the molecule is CC(C)N(/C=C1\CSCCC1=O)C(C)C. The second-order valence-corrected chi connectivity index (χ2v) is 5.62. The van der Waals surface area contributed by atoms with Gasteiger partial charge in [-0.05, 0) is 27.7 Å². The molecule has 1 aliphatic rings. The average molecular weight is 227 g/mol. The van der Waals surface area contributed by atoms with Gasteiger partial charge < -0.3 is 4.90 Å². The van der Waals surface area contributed by atoms with Crippen molar-refractivity contribution in [2.24, 2.45) is 0 Å². The Hall–Kier alpha value is -0.440. The van der Waals surface area contributed by atoms with Crippen molar-refractivity contribution in [3.05, 3.63) is 11.8 Å². The van der Waals surface area contributed by atoms with Gasteiger partial charge in [-0.25, -0.2) is 0 Å². The van der Waals surface area contributed by atoms with Crippen LogP contribution < -0.4 is 0 Å². The fourth-order valence-electron chi connectivity index (χ4n) is 1.77. The lowest BCUT2D eigenvalue weighted by Gasteiger charge is -2.30. The van der Waals surface area contributed by atoms with Gasteiger partial charge in [-0.2, -0.15) is 11.8 Å².